The lowest BCUT2D eigenvalue weighted by molar-refractivity contribution is -0.148. The molecule has 0 aliphatic heterocycles. The van der Waals surface area contributed by atoms with Crippen molar-refractivity contribution in [3.05, 3.63) is 105 Å². The summed E-state index contributed by atoms with van der Waals surface area (Å²) in [5.74, 6) is -0.549. The molecule has 3 aromatic rings. The van der Waals surface area contributed by atoms with E-state index in [1.165, 1.54) is 11.3 Å². The maximum absolute atomic E-state index is 13.0. The fourth-order valence-electron chi connectivity index (χ4n) is 3.40. The fourth-order valence-corrected chi connectivity index (χ4v) is 4.29. The van der Waals surface area contributed by atoms with Gasteiger partial charge >= 0.3 is 5.97 Å². The number of benzene rings is 2. The zero-order valence-electron chi connectivity index (χ0n) is 14.2. The first-order valence-corrected chi connectivity index (χ1v) is 9.10. The predicted octanol–water partition coefficient (Wildman–Crippen LogP) is 4.70. The highest BCUT2D eigenvalue weighted by atomic mass is 32.1. The summed E-state index contributed by atoms with van der Waals surface area (Å²) in [6.45, 7) is 5.34. The highest BCUT2D eigenvalue weighted by Gasteiger charge is 2.48. The van der Waals surface area contributed by atoms with Crippen molar-refractivity contribution in [2.45, 2.75) is 12.5 Å². The number of carbonyl (C=O) groups is 2. The maximum Gasteiger partial charge on any atom is 0.334 e. The number of carbonyl (C=O) groups excluding carboxylic acids is 2. The van der Waals surface area contributed by atoms with Gasteiger partial charge in [-0.15, -0.1) is 11.3 Å². The largest absolute Gasteiger partial charge is 0.440 e. The number of hydrogen-bond acceptors (Lipinski definition) is 4. The summed E-state index contributed by atoms with van der Waals surface area (Å²) in [7, 11) is 0. The van der Waals surface area contributed by atoms with Crippen LogP contribution in [0.3, 0.4) is 0 Å². The van der Waals surface area contributed by atoms with Crippen molar-refractivity contribution in [2.75, 3.05) is 0 Å². The summed E-state index contributed by atoms with van der Waals surface area (Å²) in [6.07, 6.45) is 0. The van der Waals surface area contributed by atoms with Crippen LogP contribution < -0.4 is 0 Å². The molecule has 1 aromatic heterocycles. The first kappa shape index (κ1) is 16.5. The molecule has 0 amide bonds. The molecule has 0 saturated carbocycles. The van der Waals surface area contributed by atoms with Gasteiger partial charge in [0.1, 0.15) is 0 Å². The highest BCUT2D eigenvalue weighted by molar-refractivity contribution is 7.10. The van der Waals surface area contributed by atoms with Crippen molar-refractivity contribution < 1.29 is 14.3 Å². The summed E-state index contributed by atoms with van der Waals surface area (Å²) < 4.78 is 6.11. The van der Waals surface area contributed by atoms with Gasteiger partial charge in [0.15, 0.2) is 11.4 Å². The number of ether oxygens (including phenoxy) is 1. The van der Waals surface area contributed by atoms with Crippen LogP contribution >= 0.6 is 11.3 Å². The number of thiophene rings is 1. The molecule has 0 atom stereocenters. The Labute approximate surface area is 155 Å². The summed E-state index contributed by atoms with van der Waals surface area (Å²) in [4.78, 5) is 26.5. The van der Waals surface area contributed by atoms with E-state index in [0.717, 1.165) is 4.88 Å². The topological polar surface area (TPSA) is 43.4 Å². The molecule has 0 fully saturated rings. The third kappa shape index (κ3) is 2.26. The molecule has 2 aromatic carbocycles. The SMILES string of the molecule is C=C(C)C(=O)OC1(c2cccs2)c2ccccc2C(=O)c2ccccc21. The lowest BCUT2D eigenvalue weighted by atomic mass is 9.73. The minimum Gasteiger partial charge on any atom is -0.440 e. The second-order valence-corrected chi connectivity index (χ2v) is 7.20. The van der Waals surface area contributed by atoms with Crippen LogP contribution in [0.4, 0.5) is 0 Å². The van der Waals surface area contributed by atoms with E-state index in [1.807, 2.05) is 53.9 Å². The van der Waals surface area contributed by atoms with Gasteiger partial charge < -0.3 is 4.74 Å². The van der Waals surface area contributed by atoms with Gasteiger partial charge in [0.25, 0.3) is 0 Å². The van der Waals surface area contributed by atoms with Gasteiger partial charge in [-0.3, -0.25) is 4.79 Å². The number of rotatable bonds is 3. The molecular weight excluding hydrogens is 344 g/mol. The van der Waals surface area contributed by atoms with Gasteiger partial charge in [-0.2, -0.15) is 0 Å². The van der Waals surface area contributed by atoms with Gasteiger partial charge in [-0.05, 0) is 18.4 Å². The van der Waals surface area contributed by atoms with E-state index < -0.39 is 11.6 Å². The zero-order valence-corrected chi connectivity index (χ0v) is 15.0. The van der Waals surface area contributed by atoms with E-state index in [2.05, 4.69) is 6.58 Å². The summed E-state index contributed by atoms with van der Waals surface area (Å²) in [5.41, 5.74) is 1.61. The quantitative estimate of drug-likeness (QED) is 0.502. The smallest absolute Gasteiger partial charge is 0.334 e. The molecule has 4 heteroatoms. The van der Waals surface area contributed by atoms with E-state index >= 15 is 0 Å². The zero-order chi connectivity index (χ0) is 18.3. The predicted molar refractivity (Wildman–Crippen MR) is 101 cm³/mol. The third-order valence-electron chi connectivity index (χ3n) is 4.56. The van der Waals surface area contributed by atoms with Gasteiger partial charge in [-0.25, -0.2) is 4.79 Å². The van der Waals surface area contributed by atoms with Gasteiger partial charge in [-0.1, -0.05) is 61.2 Å². The van der Waals surface area contributed by atoms with Crippen molar-refractivity contribution in [2.24, 2.45) is 0 Å². The first-order valence-electron chi connectivity index (χ1n) is 8.22. The number of hydrogen-bond donors (Lipinski definition) is 0. The maximum atomic E-state index is 13.0. The molecule has 3 nitrogen and oxygen atoms in total. The molecule has 0 spiro atoms. The average molecular weight is 360 g/mol. The van der Waals surface area contributed by atoms with Crippen molar-refractivity contribution in [1.82, 2.24) is 0 Å². The number of ketones is 1. The van der Waals surface area contributed by atoms with Crippen molar-refractivity contribution in [3.8, 4) is 0 Å². The highest BCUT2D eigenvalue weighted by Crippen LogP contribution is 2.48. The standard InChI is InChI=1S/C22H16O3S/c1-14(2)21(24)25-22(19-12-7-13-26-19)17-10-5-3-8-15(17)20(23)16-9-4-6-11-18(16)22/h3-13H,1H2,2H3. The second-order valence-electron chi connectivity index (χ2n) is 6.25. The molecular formula is C22H16O3S. The van der Waals surface area contributed by atoms with Crippen LogP contribution in [0.15, 0.2) is 78.2 Å². The van der Waals surface area contributed by atoms with Crippen LogP contribution in [0, 0.1) is 0 Å². The fraction of sp³-hybridized carbons (Fsp3) is 0.0909. The Kier molecular flexibility index (Phi) is 3.85. The monoisotopic (exact) mass is 360 g/mol. The molecule has 0 radical (unpaired) electrons. The van der Waals surface area contributed by atoms with Crippen LogP contribution in [-0.4, -0.2) is 11.8 Å². The van der Waals surface area contributed by atoms with E-state index in [0.29, 0.717) is 27.8 Å². The lowest BCUT2D eigenvalue weighted by Crippen LogP contribution is -2.40. The van der Waals surface area contributed by atoms with Crippen LogP contribution in [0.5, 0.6) is 0 Å². The minimum atomic E-state index is -1.16. The number of fused-ring (bicyclic) bond motifs is 2. The Morgan fingerprint density at radius 1 is 0.962 bits per heavy atom. The normalized spacial score (nSPS) is 14.3. The molecule has 1 aliphatic rings. The molecule has 1 aliphatic carbocycles. The van der Waals surface area contributed by atoms with E-state index in [1.54, 1.807) is 19.1 Å². The molecule has 1 heterocycles. The third-order valence-corrected chi connectivity index (χ3v) is 5.54. The van der Waals surface area contributed by atoms with Gasteiger partial charge in [0.2, 0.25) is 0 Å². The summed E-state index contributed by atoms with van der Waals surface area (Å²) in [6, 6.07) is 18.5. The molecule has 0 saturated heterocycles. The number of esters is 1. The van der Waals surface area contributed by atoms with Gasteiger partial charge in [0, 0.05) is 27.8 Å². The van der Waals surface area contributed by atoms with E-state index in [9.17, 15) is 9.59 Å². The van der Waals surface area contributed by atoms with Crippen LogP contribution in [0.2, 0.25) is 0 Å². The van der Waals surface area contributed by atoms with Crippen LogP contribution in [0.1, 0.15) is 38.8 Å². The molecule has 4 rings (SSSR count). The molecule has 0 unspecified atom stereocenters. The van der Waals surface area contributed by atoms with Crippen molar-refractivity contribution in [1.29, 1.82) is 0 Å². The Balaban J connectivity index is 2.11. The second kappa shape index (κ2) is 6.07. The average Bonchev–Trinajstić information content (AvgIpc) is 3.20. The lowest BCUT2D eigenvalue weighted by Gasteiger charge is -2.39. The summed E-state index contributed by atoms with van der Waals surface area (Å²) >= 11 is 1.49. The molecule has 128 valence electrons. The minimum absolute atomic E-state index is 0.0604. The van der Waals surface area contributed by atoms with E-state index in [-0.39, 0.29) is 5.78 Å². The van der Waals surface area contributed by atoms with Crippen LogP contribution in [0.25, 0.3) is 0 Å². The Hall–Kier alpha value is -2.98. The Bertz CT molecular complexity index is 982. The molecule has 0 bridgehead atoms. The van der Waals surface area contributed by atoms with Gasteiger partial charge in [0.05, 0.1) is 4.88 Å². The molecule has 0 N–H and O–H groups in total. The van der Waals surface area contributed by atoms with Crippen LogP contribution in [-0.2, 0) is 15.1 Å². The van der Waals surface area contributed by atoms with E-state index in [4.69, 9.17) is 4.74 Å². The summed E-state index contributed by atoms with van der Waals surface area (Å²) in [5, 5.41) is 1.94. The Morgan fingerprint density at radius 2 is 1.54 bits per heavy atom. The first-order chi connectivity index (χ1) is 12.6. The van der Waals surface area contributed by atoms with Crippen molar-refractivity contribution >= 4 is 23.1 Å². The Morgan fingerprint density at radius 3 is 2.04 bits per heavy atom. The van der Waals surface area contributed by atoms with Crippen molar-refractivity contribution in [3.63, 3.8) is 0 Å². The molecule has 26 heavy (non-hydrogen) atoms.